The third-order valence-electron chi connectivity index (χ3n) is 5.05. The van der Waals surface area contributed by atoms with Crippen molar-refractivity contribution >= 4 is 17.6 Å². The summed E-state index contributed by atoms with van der Waals surface area (Å²) in [7, 11) is 1.84. The first-order valence-electron chi connectivity index (χ1n) is 10.6. The maximum atomic E-state index is 13.4. The quantitative estimate of drug-likeness (QED) is 0.426. The van der Waals surface area contributed by atoms with Gasteiger partial charge < -0.3 is 10.1 Å². The van der Waals surface area contributed by atoms with Gasteiger partial charge >= 0.3 is 5.97 Å². The molecule has 4 aromatic rings. The number of benzene rings is 1. The number of carbonyl (C=O) groups excluding carboxylic acids is 1. The number of hydrogen-bond acceptors (Lipinski definition) is 7. The minimum Gasteiger partial charge on any atom is -0.461 e. The molecule has 33 heavy (non-hydrogen) atoms. The number of rotatable bonds is 7. The molecule has 9 nitrogen and oxygen atoms in total. The topological polar surface area (TPSA) is 99.8 Å². The summed E-state index contributed by atoms with van der Waals surface area (Å²) in [6.45, 7) is 5.82. The molecule has 3 aromatic heterocycles. The number of aryl methyl sites for hydroxylation is 2. The Hall–Kier alpha value is -4.08. The van der Waals surface area contributed by atoms with Crippen LogP contribution in [0.15, 0.2) is 42.7 Å². The van der Waals surface area contributed by atoms with Crippen molar-refractivity contribution < 1.29 is 13.9 Å². The molecular weight excluding hydrogens is 425 g/mol. The molecule has 0 unspecified atom stereocenters. The van der Waals surface area contributed by atoms with Gasteiger partial charge in [0, 0.05) is 24.2 Å². The van der Waals surface area contributed by atoms with E-state index in [1.165, 1.54) is 23.1 Å². The molecule has 4 rings (SSSR count). The molecule has 1 N–H and O–H groups in total. The Kier molecular flexibility index (Phi) is 6.16. The molecule has 0 aliphatic carbocycles. The molecule has 0 aliphatic rings. The smallest absolute Gasteiger partial charge is 0.357 e. The number of carbonyl (C=O) groups is 1. The van der Waals surface area contributed by atoms with Crippen LogP contribution >= 0.6 is 0 Å². The number of ether oxygens (including phenoxy) is 1. The van der Waals surface area contributed by atoms with Gasteiger partial charge in [-0.2, -0.15) is 10.2 Å². The molecule has 0 spiro atoms. The molecule has 0 atom stereocenters. The normalized spacial score (nSPS) is 10.9. The second-order valence-corrected chi connectivity index (χ2v) is 7.35. The molecule has 0 saturated carbocycles. The van der Waals surface area contributed by atoms with Crippen LogP contribution in [0.25, 0.3) is 17.1 Å². The van der Waals surface area contributed by atoms with Gasteiger partial charge in [0.05, 0.1) is 18.0 Å². The number of esters is 1. The predicted octanol–water partition coefficient (Wildman–Crippen LogP) is 3.99. The van der Waals surface area contributed by atoms with Crippen molar-refractivity contribution in [2.45, 2.75) is 27.2 Å². The van der Waals surface area contributed by atoms with E-state index in [1.54, 1.807) is 42.8 Å². The third-order valence-corrected chi connectivity index (χ3v) is 5.05. The summed E-state index contributed by atoms with van der Waals surface area (Å²) in [4.78, 5) is 20.9. The van der Waals surface area contributed by atoms with E-state index >= 15 is 0 Å². The summed E-state index contributed by atoms with van der Waals surface area (Å²) in [6, 6.07) is 9.65. The molecule has 0 radical (unpaired) electrons. The highest BCUT2D eigenvalue weighted by molar-refractivity contribution is 5.88. The number of nitrogens with zero attached hydrogens (tertiary/aromatic N) is 6. The van der Waals surface area contributed by atoms with Gasteiger partial charge in [0.2, 0.25) is 0 Å². The van der Waals surface area contributed by atoms with Crippen LogP contribution in [0.2, 0.25) is 0 Å². The van der Waals surface area contributed by atoms with Gasteiger partial charge in [0.25, 0.3) is 0 Å². The Bertz CT molecular complexity index is 1290. The highest BCUT2D eigenvalue weighted by Gasteiger charge is 2.20. The zero-order valence-corrected chi connectivity index (χ0v) is 18.8. The number of anilines is 2. The second-order valence-electron chi connectivity index (χ2n) is 7.35. The zero-order valence-electron chi connectivity index (χ0n) is 18.8. The first-order chi connectivity index (χ1) is 15.9. The molecule has 0 bridgehead atoms. The van der Waals surface area contributed by atoms with Crippen molar-refractivity contribution in [1.82, 2.24) is 29.5 Å². The van der Waals surface area contributed by atoms with Crippen LogP contribution in [0.5, 0.6) is 0 Å². The zero-order chi connectivity index (χ0) is 23.5. The van der Waals surface area contributed by atoms with Crippen LogP contribution in [0.3, 0.4) is 0 Å². The largest absolute Gasteiger partial charge is 0.461 e. The molecule has 0 fully saturated rings. The van der Waals surface area contributed by atoms with Crippen LogP contribution in [0, 0.1) is 12.7 Å². The predicted molar refractivity (Wildman–Crippen MR) is 121 cm³/mol. The van der Waals surface area contributed by atoms with E-state index in [2.05, 4.69) is 25.5 Å². The van der Waals surface area contributed by atoms with Crippen molar-refractivity contribution in [3.63, 3.8) is 0 Å². The molecule has 0 saturated heterocycles. The van der Waals surface area contributed by atoms with Gasteiger partial charge in [-0.25, -0.2) is 23.8 Å². The third kappa shape index (κ3) is 4.45. The van der Waals surface area contributed by atoms with Gasteiger partial charge in [0.1, 0.15) is 18.0 Å². The van der Waals surface area contributed by atoms with Gasteiger partial charge in [-0.3, -0.25) is 4.68 Å². The summed E-state index contributed by atoms with van der Waals surface area (Å²) in [6.07, 6.45) is 2.09. The molecule has 0 amide bonds. The Balaban J connectivity index is 1.69. The second kappa shape index (κ2) is 9.19. The standard InChI is InChI=1S/C23H24FN7O2/c1-5-17-21(15-7-9-16(24)10-8-15)30(4)29-22(17)27-19-12-20(26-13-25-19)31-18(11-14(3)28-31)23(32)33-6-2/h7-13H,5-6H2,1-4H3,(H,25,26,27,29). The number of hydrogen-bond donors (Lipinski definition) is 1. The van der Waals surface area contributed by atoms with Crippen LogP contribution in [0.4, 0.5) is 16.0 Å². The van der Waals surface area contributed by atoms with E-state index in [-0.39, 0.29) is 18.1 Å². The number of nitrogens with one attached hydrogen (secondary N) is 1. The average Bonchev–Trinajstić information content (AvgIpc) is 3.34. The summed E-state index contributed by atoms with van der Waals surface area (Å²) in [5, 5.41) is 12.2. The maximum absolute atomic E-state index is 13.4. The molecule has 0 aliphatic heterocycles. The van der Waals surface area contributed by atoms with Crippen LogP contribution < -0.4 is 5.32 Å². The summed E-state index contributed by atoms with van der Waals surface area (Å²) < 4.78 is 21.7. The van der Waals surface area contributed by atoms with Crippen molar-refractivity contribution in [3.05, 3.63) is 65.5 Å². The van der Waals surface area contributed by atoms with Crippen molar-refractivity contribution in [2.75, 3.05) is 11.9 Å². The monoisotopic (exact) mass is 449 g/mol. The maximum Gasteiger partial charge on any atom is 0.357 e. The van der Waals surface area contributed by atoms with Crippen molar-refractivity contribution in [3.8, 4) is 17.1 Å². The van der Waals surface area contributed by atoms with Gasteiger partial charge in [-0.1, -0.05) is 6.92 Å². The lowest BCUT2D eigenvalue weighted by molar-refractivity contribution is 0.0515. The van der Waals surface area contributed by atoms with Crippen LogP contribution in [0.1, 0.15) is 35.6 Å². The van der Waals surface area contributed by atoms with Gasteiger partial charge in [-0.05, 0) is 50.6 Å². The fourth-order valence-corrected chi connectivity index (χ4v) is 3.65. The average molecular weight is 449 g/mol. The number of aromatic nitrogens is 6. The fourth-order valence-electron chi connectivity index (χ4n) is 3.65. The van der Waals surface area contributed by atoms with E-state index in [0.29, 0.717) is 29.6 Å². The van der Waals surface area contributed by atoms with Crippen LogP contribution in [-0.4, -0.2) is 42.1 Å². The van der Waals surface area contributed by atoms with Crippen LogP contribution in [-0.2, 0) is 18.2 Å². The molecule has 170 valence electrons. The molecule has 3 heterocycles. The van der Waals surface area contributed by atoms with E-state index < -0.39 is 5.97 Å². The lowest BCUT2D eigenvalue weighted by Crippen LogP contribution is -2.13. The molecular formula is C23H24FN7O2. The molecule has 1 aromatic carbocycles. The SMILES string of the molecule is CCOC(=O)c1cc(C)nn1-c1cc(Nc2nn(C)c(-c3ccc(F)cc3)c2CC)ncn1. The summed E-state index contributed by atoms with van der Waals surface area (Å²) in [5.41, 5.74) is 3.66. The molecule has 10 heteroatoms. The first-order valence-corrected chi connectivity index (χ1v) is 10.6. The van der Waals surface area contributed by atoms with E-state index in [0.717, 1.165) is 16.8 Å². The van der Waals surface area contributed by atoms with E-state index in [9.17, 15) is 9.18 Å². The van der Waals surface area contributed by atoms with Gasteiger partial charge in [0.15, 0.2) is 17.3 Å². The minimum absolute atomic E-state index is 0.259. The number of halogens is 1. The van der Waals surface area contributed by atoms with Gasteiger partial charge in [-0.15, -0.1) is 0 Å². The van der Waals surface area contributed by atoms with E-state index in [1.807, 2.05) is 14.0 Å². The Labute approximate surface area is 190 Å². The van der Waals surface area contributed by atoms with Crippen molar-refractivity contribution in [2.24, 2.45) is 7.05 Å². The lowest BCUT2D eigenvalue weighted by Gasteiger charge is -2.09. The fraction of sp³-hybridized carbons (Fsp3) is 0.261. The highest BCUT2D eigenvalue weighted by atomic mass is 19.1. The summed E-state index contributed by atoms with van der Waals surface area (Å²) in [5.74, 6) is 0.763. The minimum atomic E-state index is -0.479. The van der Waals surface area contributed by atoms with Crippen molar-refractivity contribution in [1.29, 1.82) is 0 Å². The first kappa shape index (κ1) is 22.1. The summed E-state index contributed by atoms with van der Waals surface area (Å²) >= 11 is 0. The Morgan fingerprint density at radius 1 is 1.12 bits per heavy atom. The Morgan fingerprint density at radius 3 is 2.58 bits per heavy atom. The van der Waals surface area contributed by atoms with E-state index in [4.69, 9.17) is 4.74 Å². The highest BCUT2D eigenvalue weighted by Crippen LogP contribution is 2.31. The Morgan fingerprint density at radius 2 is 1.88 bits per heavy atom. The lowest BCUT2D eigenvalue weighted by atomic mass is 10.1.